The van der Waals surface area contributed by atoms with E-state index in [9.17, 15) is 0 Å². The van der Waals surface area contributed by atoms with E-state index in [1.54, 1.807) is 7.11 Å². The summed E-state index contributed by atoms with van der Waals surface area (Å²) in [7, 11) is 1.74. The van der Waals surface area contributed by atoms with Crippen molar-refractivity contribution < 1.29 is 4.74 Å². The van der Waals surface area contributed by atoms with Crippen molar-refractivity contribution in [2.45, 2.75) is 26.3 Å². The molecular weight excluding hydrogens is 278 g/mol. The highest BCUT2D eigenvalue weighted by molar-refractivity contribution is 9.10. The minimum absolute atomic E-state index is 0.821. The summed E-state index contributed by atoms with van der Waals surface area (Å²) in [4.78, 5) is 2.53. The summed E-state index contributed by atoms with van der Waals surface area (Å²) >= 11 is 3.53. The Balaban J connectivity index is 2.08. The lowest BCUT2D eigenvalue weighted by Gasteiger charge is -2.31. The second kappa shape index (κ2) is 5.87. The standard InChI is InChI=1S/C14H20BrNO/c1-11-4-3-7-16(9-11)10-12-8-13(15)5-6-14(12)17-2/h5-6,8,11H,3-4,7,9-10H2,1-2H3/t11-/m1/s1. The fraction of sp³-hybridized carbons (Fsp3) is 0.571. The summed E-state index contributed by atoms with van der Waals surface area (Å²) in [5.74, 6) is 1.81. The van der Waals surface area contributed by atoms with Crippen LogP contribution < -0.4 is 4.74 Å². The van der Waals surface area contributed by atoms with E-state index in [1.807, 2.05) is 12.1 Å². The summed E-state index contributed by atoms with van der Waals surface area (Å²) in [6, 6.07) is 6.23. The van der Waals surface area contributed by atoms with Gasteiger partial charge in [0.1, 0.15) is 5.75 Å². The van der Waals surface area contributed by atoms with Gasteiger partial charge in [-0.15, -0.1) is 0 Å². The number of likely N-dealkylation sites (tertiary alicyclic amines) is 1. The molecule has 1 aliphatic rings. The van der Waals surface area contributed by atoms with E-state index in [2.05, 4.69) is 33.8 Å². The number of hydrogen-bond acceptors (Lipinski definition) is 2. The highest BCUT2D eigenvalue weighted by Gasteiger charge is 2.17. The van der Waals surface area contributed by atoms with Crippen molar-refractivity contribution in [3.8, 4) is 5.75 Å². The molecule has 1 atom stereocenters. The number of hydrogen-bond donors (Lipinski definition) is 0. The van der Waals surface area contributed by atoms with Crippen LogP contribution in [0.5, 0.6) is 5.75 Å². The van der Waals surface area contributed by atoms with Crippen LogP contribution in [0.25, 0.3) is 0 Å². The second-order valence-electron chi connectivity index (χ2n) is 4.94. The van der Waals surface area contributed by atoms with Crippen LogP contribution in [0.1, 0.15) is 25.3 Å². The predicted molar refractivity (Wildman–Crippen MR) is 74.4 cm³/mol. The van der Waals surface area contributed by atoms with Gasteiger partial charge in [0.25, 0.3) is 0 Å². The van der Waals surface area contributed by atoms with Gasteiger partial charge in [-0.3, -0.25) is 4.90 Å². The van der Waals surface area contributed by atoms with E-state index >= 15 is 0 Å². The van der Waals surface area contributed by atoms with Gasteiger partial charge < -0.3 is 4.74 Å². The topological polar surface area (TPSA) is 12.5 Å². The Morgan fingerprint density at radius 2 is 2.29 bits per heavy atom. The van der Waals surface area contributed by atoms with Crippen LogP contribution in [0.2, 0.25) is 0 Å². The summed E-state index contributed by atoms with van der Waals surface area (Å²) in [5, 5.41) is 0. The first-order valence-corrected chi connectivity index (χ1v) is 7.03. The highest BCUT2D eigenvalue weighted by atomic mass is 79.9. The molecule has 0 bridgehead atoms. The minimum Gasteiger partial charge on any atom is -0.496 e. The smallest absolute Gasteiger partial charge is 0.123 e. The number of rotatable bonds is 3. The van der Waals surface area contributed by atoms with Crippen molar-refractivity contribution in [1.29, 1.82) is 0 Å². The molecule has 1 saturated heterocycles. The lowest BCUT2D eigenvalue weighted by molar-refractivity contribution is 0.175. The van der Waals surface area contributed by atoms with Gasteiger partial charge in [0.15, 0.2) is 0 Å². The van der Waals surface area contributed by atoms with Crippen LogP contribution in [0, 0.1) is 5.92 Å². The maximum Gasteiger partial charge on any atom is 0.123 e. The molecular formula is C14H20BrNO. The third-order valence-electron chi connectivity index (χ3n) is 3.38. The number of ether oxygens (including phenoxy) is 1. The highest BCUT2D eigenvalue weighted by Crippen LogP contribution is 2.26. The zero-order valence-electron chi connectivity index (χ0n) is 10.6. The fourth-order valence-corrected chi connectivity index (χ4v) is 2.95. The van der Waals surface area contributed by atoms with Crippen molar-refractivity contribution in [3.05, 3.63) is 28.2 Å². The lowest BCUT2D eigenvalue weighted by Crippen LogP contribution is -2.33. The minimum atomic E-state index is 0.821. The molecule has 1 aliphatic heterocycles. The average molecular weight is 298 g/mol. The van der Waals surface area contributed by atoms with Crippen molar-refractivity contribution >= 4 is 15.9 Å². The van der Waals surface area contributed by atoms with Crippen LogP contribution in [0.15, 0.2) is 22.7 Å². The molecule has 17 heavy (non-hydrogen) atoms. The molecule has 1 aromatic rings. The predicted octanol–water partition coefficient (Wildman–Crippen LogP) is 3.69. The van der Waals surface area contributed by atoms with Crippen molar-refractivity contribution in [2.24, 2.45) is 5.92 Å². The molecule has 2 nitrogen and oxygen atoms in total. The van der Waals surface area contributed by atoms with Crippen LogP contribution in [-0.4, -0.2) is 25.1 Å². The first kappa shape index (κ1) is 12.9. The van der Waals surface area contributed by atoms with E-state index in [0.29, 0.717) is 0 Å². The number of benzene rings is 1. The van der Waals surface area contributed by atoms with Crippen LogP contribution >= 0.6 is 15.9 Å². The molecule has 94 valence electrons. The molecule has 0 saturated carbocycles. The SMILES string of the molecule is COc1ccc(Br)cc1CN1CCC[C@@H](C)C1. The van der Waals surface area contributed by atoms with Crippen LogP contribution in [0.3, 0.4) is 0 Å². The van der Waals surface area contributed by atoms with E-state index in [-0.39, 0.29) is 0 Å². The summed E-state index contributed by atoms with van der Waals surface area (Å²) < 4.78 is 6.54. The Bertz CT molecular complexity index is 380. The third-order valence-corrected chi connectivity index (χ3v) is 3.87. The summed E-state index contributed by atoms with van der Waals surface area (Å²) in [5.41, 5.74) is 1.27. The Labute approximate surface area is 112 Å². The molecule has 0 aliphatic carbocycles. The van der Waals surface area contributed by atoms with Gasteiger partial charge in [0.05, 0.1) is 7.11 Å². The van der Waals surface area contributed by atoms with Gasteiger partial charge in [0, 0.05) is 23.1 Å². The monoisotopic (exact) mass is 297 g/mol. The molecule has 3 heteroatoms. The number of methoxy groups -OCH3 is 1. The average Bonchev–Trinajstić information content (AvgIpc) is 2.29. The van der Waals surface area contributed by atoms with E-state index in [4.69, 9.17) is 4.74 Å². The van der Waals surface area contributed by atoms with Crippen molar-refractivity contribution in [3.63, 3.8) is 0 Å². The number of nitrogens with zero attached hydrogens (tertiary/aromatic N) is 1. The van der Waals surface area contributed by atoms with Crippen molar-refractivity contribution in [1.82, 2.24) is 4.90 Å². The normalized spacial score (nSPS) is 21.5. The quantitative estimate of drug-likeness (QED) is 0.844. The lowest BCUT2D eigenvalue weighted by atomic mass is 10.00. The zero-order chi connectivity index (χ0) is 12.3. The van der Waals surface area contributed by atoms with Crippen LogP contribution in [0.4, 0.5) is 0 Å². The number of piperidine rings is 1. The van der Waals surface area contributed by atoms with Crippen molar-refractivity contribution in [2.75, 3.05) is 20.2 Å². The molecule has 1 fully saturated rings. The van der Waals surface area contributed by atoms with Gasteiger partial charge in [0.2, 0.25) is 0 Å². The number of halogens is 1. The summed E-state index contributed by atoms with van der Waals surface area (Å²) in [6.45, 7) is 5.74. The molecule has 1 heterocycles. The molecule has 0 N–H and O–H groups in total. The molecule has 1 aromatic carbocycles. The Kier molecular flexibility index (Phi) is 4.46. The Morgan fingerprint density at radius 1 is 1.47 bits per heavy atom. The largest absolute Gasteiger partial charge is 0.496 e. The van der Waals surface area contributed by atoms with Gasteiger partial charge in [-0.25, -0.2) is 0 Å². The Hall–Kier alpha value is -0.540. The van der Waals surface area contributed by atoms with Gasteiger partial charge in [-0.05, 0) is 43.5 Å². The van der Waals surface area contributed by atoms with E-state index < -0.39 is 0 Å². The maximum atomic E-state index is 5.42. The molecule has 0 aromatic heterocycles. The molecule has 0 spiro atoms. The second-order valence-corrected chi connectivity index (χ2v) is 5.85. The van der Waals surface area contributed by atoms with E-state index in [1.165, 1.54) is 31.5 Å². The molecule has 0 radical (unpaired) electrons. The Morgan fingerprint density at radius 3 is 3.00 bits per heavy atom. The van der Waals surface area contributed by atoms with Gasteiger partial charge in [-0.2, -0.15) is 0 Å². The summed E-state index contributed by atoms with van der Waals surface area (Å²) in [6.07, 6.45) is 2.68. The molecule has 0 amide bonds. The first-order valence-electron chi connectivity index (χ1n) is 6.24. The third kappa shape index (κ3) is 3.46. The van der Waals surface area contributed by atoms with Crippen LogP contribution in [-0.2, 0) is 6.54 Å². The molecule has 0 unspecified atom stereocenters. The van der Waals surface area contributed by atoms with Gasteiger partial charge in [-0.1, -0.05) is 22.9 Å². The van der Waals surface area contributed by atoms with E-state index in [0.717, 1.165) is 22.7 Å². The maximum absolute atomic E-state index is 5.42. The molecule has 2 rings (SSSR count). The first-order chi connectivity index (χ1) is 8.19. The zero-order valence-corrected chi connectivity index (χ0v) is 12.2. The fourth-order valence-electron chi connectivity index (χ4n) is 2.54. The van der Waals surface area contributed by atoms with Gasteiger partial charge >= 0.3 is 0 Å².